The van der Waals surface area contributed by atoms with Crippen molar-refractivity contribution in [3.63, 3.8) is 0 Å². The zero-order valence-corrected chi connectivity index (χ0v) is 16.6. The van der Waals surface area contributed by atoms with Crippen LogP contribution in [-0.2, 0) is 20.9 Å². The van der Waals surface area contributed by atoms with Crippen LogP contribution in [0.3, 0.4) is 0 Å². The number of amides is 1. The van der Waals surface area contributed by atoms with Crippen LogP contribution in [0.25, 0.3) is 11.1 Å². The van der Waals surface area contributed by atoms with Crippen molar-refractivity contribution >= 4 is 34.4 Å². The van der Waals surface area contributed by atoms with Gasteiger partial charge in [-0.05, 0) is 18.2 Å². The van der Waals surface area contributed by atoms with E-state index in [9.17, 15) is 24.5 Å². The first-order valence-corrected chi connectivity index (χ1v) is 9.53. The van der Waals surface area contributed by atoms with Crippen LogP contribution in [0.15, 0.2) is 45.6 Å². The molecule has 2 aromatic carbocycles. The first-order valence-electron chi connectivity index (χ1n) is 9.53. The Hall–Kier alpha value is -4.35. The second-order valence-electron chi connectivity index (χ2n) is 6.78. The van der Waals surface area contributed by atoms with Crippen molar-refractivity contribution < 1.29 is 33.1 Å². The van der Waals surface area contributed by atoms with Crippen LogP contribution in [-0.4, -0.2) is 41.2 Å². The quantitative estimate of drug-likeness (QED) is 0.342. The number of esters is 1. The predicted octanol–water partition coefficient (Wildman–Crippen LogP) is 1.85. The van der Waals surface area contributed by atoms with Crippen LogP contribution in [0.5, 0.6) is 11.5 Å². The standard InChI is InChI=1S/C20H17N3O9/c24-18(21-12-2-5-15-17(8-12)30-7-1-6-29-15)11-31-19(25)10-22-14-4-3-13(23(27)28)9-16(14)32-20(22)26/h2-5,8-9H,1,6-7,10-11H2,(H,21,24). The number of carbonyl (C=O) groups excluding carboxylic acids is 2. The van der Waals surface area contributed by atoms with Crippen molar-refractivity contribution in [1.29, 1.82) is 0 Å². The van der Waals surface area contributed by atoms with E-state index < -0.39 is 35.7 Å². The van der Waals surface area contributed by atoms with Crippen LogP contribution in [0.4, 0.5) is 11.4 Å². The Bertz CT molecular complexity index is 1260. The number of ether oxygens (including phenoxy) is 3. The molecule has 3 aromatic rings. The van der Waals surface area contributed by atoms with Crippen LogP contribution in [0.1, 0.15) is 6.42 Å². The van der Waals surface area contributed by atoms with Crippen molar-refractivity contribution in [1.82, 2.24) is 4.57 Å². The number of aromatic nitrogens is 1. The molecular weight excluding hydrogens is 426 g/mol. The third kappa shape index (κ3) is 4.53. The molecule has 32 heavy (non-hydrogen) atoms. The summed E-state index contributed by atoms with van der Waals surface area (Å²) in [6.45, 7) is -0.0672. The molecule has 12 nitrogen and oxygen atoms in total. The van der Waals surface area contributed by atoms with E-state index in [-0.39, 0.29) is 16.8 Å². The number of hydrogen-bond donors (Lipinski definition) is 1. The molecule has 0 unspecified atom stereocenters. The number of anilines is 1. The highest BCUT2D eigenvalue weighted by Gasteiger charge is 2.18. The van der Waals surface area contributed by atoms with Crippen LogP contribution in [0.2, 0.25) is 0 Å². The first kappa shape index (κ1) is 20.9. The van der Waals surface area contributed by atoms with Crippen molar-refractivity contribution in [2.45, 2.75) is 13.0 Å². The molecule has 166 valence electrons. The fourth-order valence-corrected chi connectivity index (χ4v) is 3.08. The highest BCUT2D eigenvalue weighted by atomic mass is 16.6. The van der Waals surface area contributed by atoms with Crippen molar-refractivity contribution in [3.05, 3.63) is 57.1 Å². The summed E-state index contributed by atoms with van der Waals surface area (Å²) >= 11 is 0. The lowest BCUT2D eigenvalue weighted by Gasteiger charge is -2.10. The van der Waals surface area contributed by atoms with E-state index >= 15 is 0 Å². The molecule has 0 saturated carbocycles. The van der Waals surface area contributed by atoms with Gasteiger partial charge in [-0.25, -0.2) is 4.79 Å². The van der Waals surface area contributed by atoms with Gasteiger partial charge in [-0.15, -0.1) is 0 Å². The maximum Gasteiger partial charge on any atom is 0.420 e. The molecule has 1 aliphatic rings. The number of nitro benzene ring substituents is 1. The van der Waals surface area contributed by atoms with Gasteiger partial charge in [0.25, 0.3) is 11.6 Å². The van der Waals surface area contributed by atoms with Gasteiger partial charge in [0.1, 0.15) is 6.54 Å². The minimum absolute atomic E-state index is 0.0378. The summed E-state index contributed by atoms with van der Waals surface area (Å²) < 4.78 is 21.9. The summed E-state index contributed by atoms with van der Waals surface area (Å²) in [4.78, 5) is 46.4. The number of fused-ring (bicyclic) bond motifs is 2. The molecule has 2 heterocycles. The number of nitro groups is 1. The van der Waals surface area contributed by atoms with Crippen molar-refractivity contribution in [2.75, 3.05) is 25.1 Å². The fourth-order valence-electron chi connectivity index (χ4n) is 3.08. The number of hydrogen-bond acceptors (Lipinski definition) is 9. The maximum absolute atomic E-state index is 12.1. The highest BCUT2D eigenvalue weighted by Crippen LogP contribution is 2.32. The second kappa shape index (κ2) is 8.79. The molecule has 0 atom stereocenters. The lowest BCUT2D eigenvalue weighted by atomic mass is 10.2. The van der Waals surface area contributed by atoms with E-state index in [2.05, 4.69) is 5.32 Å². The number of benzene rings is 2. The van der Waals surface area contributed by atoms with Gasteiger partial charge in [-0.2, -0.15) is 0 Å². The zero-order chi connectivity index (χ0) is 22.7. The molecule has 12 heteroatoms. The molecule has 0 bridgehead atoms. The highest BCUT2D eigenvalue weighted by molar-refractivity contribution is 5.93. The normalized spacial score (nSPS) is 12.8. The monoisotopic (exact) mass is 443 g/mol. The molecule has 1 aliphatic heterocycles. The van der Waals surface area contributed by atoms with Gasteiger partial charge in [-0.1, -0.05) is 0 Å². The van der Waals surface area contributed by atoms with Crippen molar-refractivity contribution in [3.8, 4) is 11.5 Å². The third-order valence-electron chi connectivity index (χ3n) is 4.55. The summed E-state index contributed by atoms with van der Waals surface area (Å²) in [5.74, 6) is -1.25. The van der Waals surface area contributed by atoms with E-state index in [1.807, 2.05) is 0 Å². The minimum Gasteiger partial charge on any atom is -0.490 e. The third-order valence-corrected chi connectivity index (χ3v) is 4.55. The summed E-state index contributed by atoms with van der Waals surface area (Å²) in [6, 6.07) is 8.47. The molecule has 1 amide bonds. The Morgan fingerprint density at radius 3 is 2.69 bits per heavy atom. The van der Waals surface area contributed by atoms with Gasteiger partial charge in [0.2, 0.25) is 0 Å². The van der Waals surface area contributed by atoms with Gasteiger partial charge in [-0.3, -0.25) is 24.3 Å². The minimum atomic E-state index is -0.880. The smallest absolute Gasteiger partial charge is 0.420 e. The Morgan fingerprint density at radius 2 is 1.91 bits per heavy atom. The van der Waals surface area contributed by atoms with E-state index in [1.165, 1.54) is 12.1 Å². The summed E-state index contributed by atoms with van der Waals surface area (Å²) in [6.07, 6.45) is 0.748. The van der Waals surface area contributed by atoms with E-state index in [0.29, 0.717) is 30.4 Å². The van der Waals surface area contributed by atoms with Crippen LogP contribution >= 0.6 is 0 Å². The average Bonchev–Trinajstić information content (AvgIpc) is 2.92. The largest absolute Gasteiger partial charge is 0.490 e. The van der Waals surface area contributed by atoms with Gasteiger partial charge in [0.05, 0.1) is 29.7 Å². The Kier molecular flexibility index (Phi) is 5.75. The van der Waals surface area contributed by atoms with Crippen LogP contribution in [0, 0.1) is 10.1 Å². The van der Waals surface area contributed by atoms with Gasteiger partial charge < -0.3 is 23.9 Å². The van der Waals surface area contributed by atoms with Crippen LogP contribution < -0.4 is 20.5 Å². The molecule has 0 spiro atoms. The van der Waals surface area contributed by atoms with Gasteiger partial charge in [0, 0.05) is 24.2 Å². The molecule has 0 aliphatic carbocycles. The molecule has 0 fully saturated rings. The topological polar surface area (TPSA) is 152 Å². The lowest BCUT2D eigenvalue weighted by molar-refractivity contribution is -0.384. The van der Waals surface area contributed by atoms with E-state index in [1.54, 1.807) is 18.2 Å². The molecule has 1 aromatic heterocycles. The van der Waals surface area contributed by atoms with E-state index in [4.69, 9.17) is 18.6 Å². The number of non-ortho nitro benzene ring substituents is 1. The Morgan fingerprint density at radius 1 is 1.12 bits per heavy atom. The molecule has 0 saturated heterocycles. The predicted molar refractivity (Wildman–Crippen MR) is 109 cm³/mol. The number of carbonyl (C=O) groups is 2. The summed E-state index contributed by atoms with van der Waals surface area (Å²) in [5.41, 5.74) is 0.333. The second-order valence-corrected chi connectivity index (χ2v) is 6.78. The number of nitrogens with one attached hydrogen (secondary N) is 1. The lowest BCUT2D eigenvalue weighted by Crippen LogP contribution is -2.25. The SMILES string of the molecule is O=C(COC(=O)Cn1c(=O)oc2cc([N+](=O)[O-])ccc21)Nc1ccc2c(c1)OCCCO2. The number of oxazole rings is 1. The number of nitrogens with zero attached hydrogens (tertiary/aromatic N) is 2. The van der Waals surface area contributed by atoms with E-state index in [0.717, 1.165) is 17.1 Å². The summed E-state index contributed by atoms with van der Waals surface area (Å²) in [7, 11) is 0. The average molecular weight is 443 g/mol. The molecule has 4 rings (SSSR count). The Balaban J connectivity index is 1.35. The molecule has 1 N–H and O–H groups in total. The Labute approximate surface area is 179 Å². The summed E-state index contributed by atoms with van der Waals surface area (Å²) in [5, 5.41) is 13.4. The van der Waals surface area contributed by atoms with Gasteiger partial charge >= 0.3 is 11.7 Å². The zero-order valence-electron chi connectivity index (χ0n) is 16.6. The number of rotatable bonds is 6. The molecule has 0 radical (unpaired) electrons. The van der Waals surface area contributed by atoms with Gasteiger partial charge in [0.15, 0.2) is 23.7 Å². The first-order chi connectivity index (χ1) is 15.4. The van der Waals surface area contributed by atoms with Crippen molar-refractivity contribution in [2.24, 2.45) is 0 Å². The fraction of sp³-hybridized carbons (Fsp3) is 0.250. The maximum atomic E-state index is 12.1. The molecular formula is C20H17N3O9.